The van der Waals surface area contributed by atoms with E-state index in [9.17, 15) is 9.59 Å². The first-order chi connectivity index (χ1) is 15.5. The number of para-hydroxylation sites is 1. The third-order valence-electron chi connectivity index (χ3n) is 7.32. The van der Waals surface area contributed by atoms with Crippen LogP contribution in [-0.4, -0.2) is 99.0 Å². The highest BCUT2D eigenvalue weighted by atomic mass is 16.2. The molecule has 0 atom stereocenters. The fourth-order valence-electron chi connectivity index (χ4n) is 4.87. The van der Waals surface area contributed by atoms with Crippen LogP contribution >= 0.6 is 0 Å². The van der Waals surface area contributed by atoms with E-state index in [1.165, 1.54) is 6.42 Å². The van der Waals surface area contributed by atoms with Crippen LogP contribution in [0.15, 0.2) is 24.3 Å². The molecule has 2 saturated heterocycles. The summed E-state index contributed by atoms with van der Waals surface area (Å²) in [5, 5.41) is 3.25. The number of anilines is 1. The van der Waals surface area contributed by atoms with E-state index in [2.05, 4.69) is 40.2 Å². The topological polar surface area (TPSA) is 59.1 Å². The van der Waals surface area contributed by atoms with E-state index in [-0.39, 0.29) is 23.8 Å². The minimum absolute atomic E-state index is 0.147. The van der Waals surface area contributed by atoms with Gasteiger partial charge < -0.3 is 20.0 Å². The van der Waals surface area contributed by atoms with E-state index in [0.717, 1.165) is 89.3 Å². The van der Waals surface area contributed by atoms with Crippen LogP contribution in [0.25, 0.3) is 0 Å². The van der Waals surface area contributed by atoms with Crippen molar-refractivity contribution in [1.82, 2.24) is 20.0 Å². The lowest BCUT2D eigenvalue weighted by Gasteiger charge is -2.38. The standard InChI is InChI=1S/C25H39N5O2/c1-27(2)14-15-28-16-18-30(19-17-28)25(32)22-8-3-4-9-23(22)29-12-10-21(11-13-29)26-24(31)20-6-5-7-20/h3-4,8-9,20-21H,5-7,10-19H2,1-2H3,(H,26,31). The maximum absolute atomic E-state index is 13.4. The molecule has 32 heavy (non-hydrogen) atoms. The van der Waals surface area contributed by atoms with Crippen molar-refractivity contribution in [1.29, 1.82) is 0 Å². The third-order valence-corrected chi connectivity index (χ3v) is 7.32. The Morgan fingerprint density at radius 1 is 0.969 bits per heavy atom. The van der Waals surface area contributed by atoms with Crippen molar-refractivity contribution in [2.75, 3.05) is 71.4 Å². The highest BCUT2D eigenvalue weighted by molar-refractivity contribution is 6.00. The van der Waals surface area contributed by atoms with Gasteiger partial charge in [0.25, 0.3) is 5.91 Å². The summed E-state index contributed by atoms with van der Waals surface area (Å²) in [5.41, 5.74) is 1.85. The number of nitrogens with one attached hydrogen (secondary N) is 1. The maximum atomic E-state index is 13.4. The lowest BCUT2D eigenvalue weighted by Crippen LogP contribution is -2.50. The van der Waals surface area contributed by atoms with Crippen molar-refractivity contribution in [2.45, 2.75) is 38.1 Å². The number of hydrogen-bond acceptors (Lipinski definition) is 5. The van der Waals surface area contributed by atoms with Crippen LogP contribution in [0.4, 0.5) is 5.69 Å². The molecule has 1 saturated carbocycles. The van der Waals surface area contributed by atoms with Gasteiger partial charge in [-0.3, -0.25) is 14.5 Å². The summed E-state index contributed by atoms with van der Waals surface area (Å²) >= 11 is 0. The first kappa shape index (κ1) is 23.1. The average Bonchev–Trinajstić information content (AvgIpc) is 2.77. The first-order valence-corrected chi connectivity index (χ1v) is 12.3. The summed E-state index contributed by atoms with van der Waals surface area (Å²) in [6.45, 7) is 7.30. The van der Waals surface area contributed by atoms with Gasteiger partial charge >= 0.3 is 0 Å². The van der Waals surface area contributed by atoms with Gasteiger partial charge in [0, 0.05) is 70.0 Å². The van der Waals surface area contributed by atoms with Gasteiger partial charge in [-0.05, 0) is 51.9 Å². The summed E-state index contributed by atoms with van der Waals surface area (Å²) in [4.78, 5) is 34.6. The molecule has 2 aliphatic heterocycles. The maximum Gasteiger partial charge on any atom is 0.256 e. The highest BCUT2D eigenvalue weighted by Gasteiger charge is 2.30. The number of piperazine rings is 1. The number of carbonyl (C=O) groups is 2. The molecular weight excluding hydrogens is 402 g/mol. The minimum Gasteiger partial charge on any atom is -0.371 e. The lowest BCUT2D eigenvalue weighted by molar-refractivity contribution is -0.128. The molecule has 0 radical (unpaired) electrons. The van der Waals surface area contributed by atoms with Gasteiger partial charge in [0.1, 0.15) is 0 Å². The fourth-order valence-corrected chi connectivity index (χ4v) is 4.87. The van der Waals surface area contributed by atoms with Gasteiger partial charge in [-0.15, -0.1) is 0 Å². The van der Waals surface area contributed by atoms with Crippen LogP contribution in [0.1, 0.15) is 42.5 Å². The SMILES string of the molecule is CN(C)CCN1CCN(C(=O)c2ccccc2N2CCC(NC(=O)C3CCC3)CC2)CC1. The Morgan fingerprint density at radius 3 is 2.28 bits per heavy atom. The summed E-state index contributed by atoms with van der Waals surface area (Å²) < 4.78 is 0. The zero-order valence-electron chi connectivity index (χ0n) is 19.8. The largest absolute Gasteiger partial charge is 0.371 e. The van der Waals surface area contributed by atoms with E-state index in [1.807, 2.05) is 23.1 Å². The molecule has 0 bridgehead atoms. The van der Waals surface area contributed by atoms with E-state index in [1.54, 1.807) is 0 Å². The van der Waals surface area contributed by atoms with Crippen molar-refractivity contribution in [3.05, 3.63) is 29.8 Å². The number of rotatable bonds is 7. The van der Waals surface area contributed by atoms with E-state index >= 15 is 0 Å². The van der Waals surface area contributed by atoms with Crippen LogP contribution in [0.5, 0.6) is 0 Å². The van der Waals surface area contributed by atoms with Crippen molar-refractivity contribution in [2.24, 2.45) is 5.92 Å². The second-order valence-corrected chi connectivity index (χ2v) is 9.85. The molecule has 0 unspecified atom stereocenters. The van der Waals surface area contributed by atoms with Crippen LogP contribution in [0.3, 0.4) is 0 Å². The van der Waals surface area contributed by atoms with Gasteiger partial charge in [-0.25, -0.2) is 0 Å². The van der Waals surface area contributed by atoms with Gasteiger partial charge in [0.05, 0.1) is 5.56 Å². The Balaban J connectivity index is 1.31. The number of hydrogen-bond donors (Lipinski definition) is 1. The quantitative estimate of drug-likeness (QED) is 0.700. The Hall–Kier alpha value is -2.12. The Morgan fingerprint density at radius 2 is 1.66 bits per heavy atom. The molecule has 0 spiro atoms. The number of nitrogens with zero attached hydrogens (tertiary/aromatic N) is 4. The van der Waals surface area contributed by atoms with Crippen molar-refractivity contribution >= 4 is 17.5 Å². The first-order valence-electron chi connectivity index (χ1n) is 12.3. The minimum atomic E-state index is 0.147. The van der Waals surface area contributed by atoms with Crippen LogP contribution < -0.4 is 10.2 Å². The second kappa shape index (κ2) is 10.7. The molecule has 1 aromatic carbocycles. The molecule has 4 rings (SSSR count). The van der Waals surface area contributed by atoms with Gasteiger partial charge in [-0.1, -0.05) is 18.6 Å². The monoisotopic (exact) mass is 441 g/mol. The van der Waals surface area contributed by atoms with Crippen LogP contribution in [0, 0.1) is 5.92 Å². The molecular formula is C25H39N5O2. The predicted molar refractivity (Wildman–Crippen MR) is 128 cm³/mol. The lowest BCUT2D eigenvalue weighted by atomic mass is 9.84. The molecule has 3 fully saturated rings. The zero-order chi connectivity index (χ0) is 22.5. The Labute approximate surface area is 192 Å². The number of likely N-dealkylation sites (N-methyl/N-ethyl adjacent to an activating group) is 1. The van der Waals surface area contributed by atoms with Crippen LogP contribution in [0.2, 0.25) is 0 Å². The number of piperidine rings is 1. The Bertz CT molecular complexity index is 778. The highest BCUT2D eigenvalue weighted by Crippen LogP contribution is 2.28. The molecule has 1 aliphatic carbocycles. The summed E-state index contributed by atoms with van der Waals surface area (Å²) in [6.07, 6.45) is 5.15. The number of amides is 2. The summed E-state index contributed by atoms with van der Waals surface area (Å²) in [6, 6.07) is 8.30. The molecule has 0 aromatic heterocycles. The van der Waals surface area contributed by atoms with E-state index in [4.69, 9.17) is 0 Å². The fraction of sp³-hybridized carbons (Fsp3) is 0.680. The molecule has 3 aliphatic rings. The third kappa shape index (κ3) is 5.62. The molecule has 7 heteroatoms. The number of carbonyl (C=O) groups excluding carboxylic acids is 2. The van der Waals surface area contributed by atoms with Crippen LogP contribution in [-0.2, 0) is 4.79 Å². The molecule has 7 nitrogen and oxygen atoms in total. The smallest absolute Gasteiger partial charge is 0.256 e. The van der Waals surface area contributed by atoms with Gasteiger partial charge in [-0.2, -0.15) is 0 Å². The molecule has 176 valence electrons. The average molecular weight is 442 g/mol. The van der Waals surface area contributed by atoms with Gasteiger partial charge in [0.2, 0.25) is 5.91 Å². The van der Waals surface area contributed by atoms with Crippen molar-refractivity contribution in [3.8, 4) is 0 Å². The molecule has 2 heterocycles. The van der Waals surface area contributed by atoms with Crippen molar-refractivity contribution in [3.63, 3.8) is 0 Å². The summed E-state index contributed by atoms with van der Waals surface area (Å²) in [5.74, 6) is 0.637. The number of benzene rings is 1. The second-order valence-electron chi connectivity index (χ2n) is 9.85. The zero-order valence-corrected chi connectivity index (χ0v) is 19.8. The molecule has 1 N–H and O–H groups in total. The molecule has 1 aromatic rings. The van der Waals surface area contributed by atoms with E-state index in [0.29, 0.717) is 0 Å². The normalized spacial score (nSPS) is 21.0. The summed E-state index contributed by atoms with van der Waals surface area (Å²) in [7, 11) is 4.20. The van der Waals surface area contributed by atoms with Gasteiger partial charge in [0.15, 0.2) is 0 Å². The Kier molecular flexibility index (Phi) is 7.68. The van der Waals surface area contributed by atoms with Crippen molar-refractivity contribution < 1.29 is 9.59 Å². The molecule has 2 amide bonds. The van der Waals surface area contributed by atoms with E-state index < -0.39 is 0 Å². The predicted octanol–water partition coefficient (Wildman–Crippen LogP) is 1.89.